The van der Waals surface area contributed by atoms with Gasteiger partial charge in [-0.1, -0.05) is 34.1 Å². The van der Waals surface area contributed by atoms with Crippen LogP contribution in [0.15, 0.2) is 24.7 Å². The van der Waals surface area contributed by atoms with Gasteiger partial charge < -0.3 is 19.3 Å². The number of hydrogen-bond donors (Lipinski definition) is 0. The van der Waals surface area contributed by atoms with Crippen molar-refractivity contribution in [1.29, 1.82) is 0 Å². The largest absolute Gasteiger partial charge is 0.341 e. The number of pyridine rings is 1. The van der Waals surface area contributed by atoms with Crippen molar-refractivity contribution in [3.63, 3.8) is 0 Å². The monoisotopic (exact) mass is 443 g/mol. The zero-order valence-corrected chi connectivity index (χ0v) is 21.3. The first-order valence-electron chi connectivity index (χ1n) is 12.6. The third kappa shape index (κ3) is 7.31. The molecule has 2 aliphatic heterocycles. The summed E-state index contributed by atoms with van der Waals surface area (Å²) in [4.78, 5) is 24.1. The van der Waals surface area contributed by atoms with Crippen molar-refractivity contribution in [2.75, 3.05) is 52.9 Å². The molecular weight excluding hydrogens is 398 g/mol. The molecule has 0 radical (unpaired) electrons. The highest BCUT2D eigenvalue weighted by atomic mass is 16.2. The number of amides is 1. The number of aryl methyl sites for hydroxylation is 1. The van der Waals surface area contributed by atoms with E-state index < -0.39 is 0 Å². The van der Waals surface area contributed by atoms with Gasteiger partial charge in [-0.25, -0.2) is 0 Å². The summed E-state index contributed by atoms with van der Waals surface area (Å²) in [5.41, 5.74) is 2.28. The normalized spacial score (nSPS) is 18.0. The zero-order valence-electron chi connectivity index (χ0n) is 21.3. The summed E-state index contributed by atoms with van der Waals surface area (Å²) < 4.78 is 2.07. The smallest absolute Gasteiger partial charge is 0.242 e. The Kier molecular flexibility index (Phi) is 11.2. The average molecular weight is 444 g/mol. The first-order chi connectivity index (χ1) is 15.5. The Balaban J connectivity index is 0.000000671. The van der Waals surface area contributed by atoms with Gasteiger partial charge in [0, 0.05) is 69.8 Å². The number of piperazine rings is 1. The number of hydrogen-bond acceptors (Lipinski definition) is 4. The minimum atomic E-state index is 0.238. The Labute approximate surface area is 195 Å². The van der Waals surface area contributed by atoms with Gasteiger partial charge in [-0.2, -0.15) is 0 Å². The van der Waals surface area contributed by atoms with E-state index in [4.69, 9.17) is 0 Å². The fraction of sp³-hybridized carbons (Fsp3) is 0.692. The van der Waals surface area contributed by atoms with Crippen LogP contribution in [0.1, 0.15) is 52.5 Å². The van der Waals surface area contributed by atoms with Crippen LogP contribution in [0, 0.1) is 12.8 Å². The van der Waals surface area contributed by atoms with Crippen molar-refractivity contribution >= 4 is 16.8 Å². The SMILES string of the molecule is CC.CCC.Cc1cn(CC(=O)N2CCC(CN3CCN(C)CC3)CC2)c2ccncc12. The van der Waals surface area contributed by atoms with Crippen LogP contribution in [-0.4, -0.2) is 83.0 Å². The average Bonchev–Trinajstić information content (AvgIpc) is 3.13. The highest BCUT2D eigenvalue weighted by Crippen LogP contribution is 2.22. The van der Waals surface area contributed by atoms with Gasteiger partial charge in [-0.3, -0.25) is 9.78 Å². The van der Waals surface area contributed by atoms with Gasteiger partial charge in [-0.15, -0.1) is 0 Å². The zero-order chi connectivity index (χ0) is 23.5. The van der Waals surface area contributed by atoms with Crippen molar-refractivity contribution in [1.82, 2.24) is 24.3 Å². The van der Waals surface area contributed by atoms with E-state index in [1.807, 2.05) is 26.1 Å². The molecular formula is C26H45N5O. The number of carbonyl (C=O) groups excluding carboxylic acids is 1. The maximum Gasteiger partial charge on any atom is 0.242 e. The molecule has 0 aliphatic carbocycles. The maximum atomic E-state index is 12.8. The molecule has 0 saturated carbocycles. The minimum Gasteiger partial charge on any atom is -0.341 e. The predicted octanol–water partition coefficient (Wildman–Crippen LogP) is 4.27. The Morgan fingerprint density at radius 3 is 2.31 bits per heavy atom. The first kappa shape index (κ1) is 26.3. The lowest BCUT2D eigenvalue weighted by atomic mass is 9.96. The van der Waals surface area contributed by atoms with E-state index in [2.05, 4.69) is 58.3 Å². The predicted molar refractivity (Wildman–Crippen MR) is 135 cm³/mol. The molecule has 6 heteroatoms. The van der Waals surface area contributed by atoms with Crippen LogP contribution in [0.5, 0.6) is 0 Å². The highest BCUT2D eigenvalue weighted by molar-refractivity contribution is 5.85. The molecule has 1 amide bonds. The summed E-state index contributed by atoms with van der Waals surface area (Å²) in [5.74, 6) is 0.972. The summed E-state index contributed by atoms with van der Waals surface area (Å²) in [6.45, 7) is 18.5. The molecule has 2 fully saturated rings. The van der Waals surface area contributed by atoms with Crippen LogP contribution < -0.4 is 0 Å². The number of nitrogens with zero attached hydrogens (tertiary/aromatic N) is 5. The van der Waals surface area contributed by atoms with Crippen molar-refractivity contribution in [3.8, 4) is 0 Å². The summed E-state index contributed by atoms with van der Waals surface area (Å²) in [7, 11) is 2.20. The van der Waals surface area contributed by atoms with Gasteiger partial charge >= 0.3 is 0 Å². The molecule has 0 atom stereocenters. The number of fused-ring (bicyclic) bond motifs is 1. The maximum absolute atomic E-state index is 12.8. The number of carbonyl (C=O) groups is 1. The molecule has 4 heterocycles. The highest BCUT2D eigenvalue weighted by Gasteiger charge is 2.25. The van der Waals surface area contributed by atoms with Gasteiger partial charge in [0.15, 0.2) is 0 Å². The summed E-state index contributed by atoms with van der Waals surface area (Å²) in [6, 6.07) is 2.00. The molecule has 180 valence electrons. The van der Waals surface area contributed by atoms with Crippen molar-refractivity contribution in [3.05, 3.63) is 30.2 Å². The Hall–Kier alpha value is -1.92. The molecule has 0 N–H and O–H groups in total. The number of likely N-dealkylation sites (tertiary alicyclic amines) is 1. The molecule has 0 aromatic carbocycles. The fourth-order valence-corrected chi connectivity index (χ4v) is 4.45. The molecule has 32 heavy (non-hydrogen) atoms. The second-order valence-corrected chi connectivity index (χ2v) is 8.97. The van der Waals surface area contributed by atoms with E-state index in [1.54, 1.807) is 6.20 Å². The lowest BCUT2D eigenvalue weighted by molar-refractivity contribution is -0.133. The van der Waals surface area contributed by atoms with Gasteiger partial charge in [0.2, 0.25) is 5.91 Å². The molecule has 0 spiro atoms. The van der Waals surface area contributed by atoms with Crippen LogP contribution in [0.4, 0.5) is 0 Å². The molecule has 2 saturated heterocycles. The van der Waals surface area contributed by atoms with Gasteiger partial charge in [0.05, 0.1) is 5.52 Å². The molecule has 4 rings (SSSR count). The van der Waals surface area contributed by atoms with E-state index in [9.17, 15) is 4.79 Å². The number of aromatic nitrogens is 2. The quantitative estimate of drug-likeness (QED) is 0.708. The summed E-state index contributed by atoms with van der Waals surface area (Å²) >= 11 is 0. The van der Waals surface area contributed by atoms with Crippen molar-refractivity contribution < 1.29 is 4.79 Å². The Bertz CT molecular complexity index is 802. The molecule has 0 unspecified atom stereocenters. The fourth-order valence-electron chi connectivity index (χ4n) is 4.45. The third-order valence-corrected chi connectivity index (χ3v) is 6.27. The molecule has 2 aromatic rings. The van der Waals surface area contributed by atoms with Gasteiger partial charge in [0.25, 0.3) is 0 Å². The Morgan fingerprint density at radius 1 is 1.06 bits per heavy atom. The lowest BCUT2D eigenvalue weighted by Crippen LogP contribution is -2.48. The number of piperidine rings is 1. The topological polar surface area (TPSA) is 44.6 Å². The third-order valence-electron chi connectivity index (χ3n) is 6.27. The number of rotatable bonds is 4. The molecule has 0 bridgehead atoms. The van der Waals surface area contributed by atoms with Crippen LogP contribution in [-0.2, 0) is 11.3 Å². The van der Waals surface area contributed by atoms with Crippen LogP contribution in [0.3, 0.4) is 0 Å². The standard InChI is InChI=1S/C21H31N5O.C3H8.C2H6/c1-17-14-26(20-3-6-22-13-19(17)20)16-21(27)25-7-4-18(5-8-25)15-24-11-9-23(2)10-12-24;1-3-2;1-2/h3,6,13-14,18H,4-5,7-12,15-16H2,1-2H3;3H2,1-2H3;1-2H3. The second-order valence-electron chi connectivity index (χ2n) is 8.97. The summed E-state index contributed by atoms with van der Waals surface area (Å²) in [6.07, 6.45) is 9.27. The number of likely N-dealkylation sites (N-methyl/N-ethyl adjacent to an activating group) is 1. The van der Waals surface area contributed by atoms with Crippen molar-refractivity contribution in [2.45, 2.75) is 60.4 Å². The van der Waals surface area contributed by atoms with Gasteiger partial charge in [-0.05, 0) is 44.4 Å². The summed E-state index contributed by atoms with van der Waals surface area (Å²) in [5, 5.41) is 1.14. The lowest BCUT2D eigenvalue weighted by Gasteiger charge is -2.38. The van der Waals surface area contributed by atoms with E-state index in [0.717, 1.165) is 42.8 Å². The van der Waals surface area contributed by atoms with Crippen LogP contribution >= 0.6 is 0 Å². The molecule has 2 aliphatic rings. The van der Waals surface area contributed by atoms with E-state index in [-0.39, 0.29) is 5.91 Å². The second kappa shape index (κ2) is 13.6. The minimum absolute atomic E-state index is 0.238. The van der Waals surface area contributed by atoms with E-state index in [1.165, 1.54) is 44.7 Å². The molecule has 2 aromatic heterocycles. The van der Waals surface area contributed by atoms with E-state index >= 15 is 0 Å². The first-order valence-corrected chi connectivity index (χ1v) is 12.6. The van der Waals surface area contributed by atoms with Crippen molar-refractivity contribution in [2.24, 2.45) is 5.92 Å². The van der Waals surface area contributed by atoms with Crippen LogP contribution in [0.2, 0.25) is 0 Å². The van der Waals surface area contributed by atoms with E-state index in [0.29, 0.717) is 6.54 Å². The van der Waals surface area contributed by atoms with Gasteiger partial charge in [0.1, 0.15) is 6.54 Å². The van der Waals surface area contributed by atoms with Crippen LogP contribution in [0.25, 0.3) is 10.9 Å². The molecule has 6 nitrogen and oxygen atoms in total. The Morgan fingerprint density at radius 2 is 1.69 bits per heavy atom.